The Morgan fingerprint density at radius 3 is 2.39 bits per heavy atom. The van der Waals surface area contributed by atoms with Gasteiger partial charge in [-0.3, -0.25) is 14.5 Å². The number of nitrogens with zero attached hydrogens (tertiary/aromatic N) is 3. The first-order chi connectivity index (χ1) is 13.6. The Morgan fingerprint density at radius 2 is 1.75 bits per heavy atom. The van der Waals surface area contributed by atoms with Gasteiger partial charge < -0.3 is 4.90 Å². The van der Waals surface area contributed by atoms with Crippen molar-refractivity contribution in [3.05, 3.63) is 47.5 Å². The highest BCUT2D eigenvalue weighted by atomic mass is 32.1. The second-order valence-corrected chi connectivity index (χ2v) is 8.33. The Morgan fingerprint density at radius 1 is 1.07 bits per heavy atom. The summed E-state index contributed by atoms with van der Waals surface area (Å²) in [6, 6.07) is 10.3. The minimum Gasteiger partial charge on any atom is -0.333 e. The van der Waals surface area contributed by atoms with Crippen LogP contribution in [0.2, 0.25) is 0 Å². The largest absolute Gasteiger partial charge is 0.333 e. The molecule has 1 heterocycles. The van der Waals surface area contributed by atoms with Crippen LogP contribution in [0.4, 0.5) is 10.8 Å². The number of aromatic nitrogens is 1. The molecule has 5 nitrogen and oxygen atoms in total. The van der Waals surface area contributed by atoms with Crippen molar-refractivity contribution in [1.82, 2.24) is 9.88 Å². The van der Waals surface area contributed by atoms with Gasteiger partial charge in [-0.1, -0.05) is 31.0 Å². The molecule has 0 N–H and O–H groups in total. The van der Waals surface area contributed by atoms with E-state index in [-0.39, 0.29) is 11.8 Å². The van der Waals surface area contributed by atoms with Crippen LogP contribution in [0, 0.1) is 0 Å². The van der Waals surface area contributed by atoms with Gasteiger partial charge in [-0.25, -0.2) is 4.98 Å². The number of hydrogen-bond acceptors (Lipinski definition) is 4. The molecule has 0 radical (unpaired) electrons. The zero-order valence-corrected chi connectivity index (χ0v) is 16.9. The van der Waals surface area contributed by atoms with Crippen molar-refractivity contribution in [2.75, 3.05) is 4.90 Å². The summed E-state index contributed by atoms with van der Waals surface area (Å²) in [5, 5.41) is 2.50. The number of hydrogen-bond donors (Lipinski definition) is 0. The van der Waals surface area contributed by atoms with Crippen LogP contribution in [0.3, 0.4) is 0 Å². The molecule has 0 atom stereocenters. The summed E-state index contributed by atoms with van der Waals surface area (Å²) in [6.07, 6.45) is 10.4. The van der Waals surface area contributed by atoms with Gasteiger partial charge in [0.25, 0.3) is 0 Å². The molecule has 2 aromatic rings. The molecule has 6 heteroatoms. The Kier molecular flexibility index (Phi) is 5.57. The van der Waals surface area contributed by atoms with E-state index >= 15 is 0 Å². The molecule has 2 aliphatic carbocycles. The smallest absolute Gasteiger partial charge is 0.247 e. The molecule has 0 spiro atoms. The van der Waals surface area contributed by atoms with E-state index < -0.39 is 0 Å². The number of carbonyl (C=O) groups is 2. The number of thiazole rings is 1. The van der Waals surface area contributed by atoms with E-state index in [2.05, 4.69) is 9.88 Å². The lowest BCUT2D eigenvalue weighted by Crippen LogP contribution is -2.39. The molecule has 146 valence electrons. The van der Waals surface area contributed by atoms with Crippen molar-refractivity contribution < 1.29 is 9.59 Å². The molecule has 2 saturated carbocycles. The number of carbonyl (C=O) groups excluding carboxylic acids is 2. The monoisotopic (exact) mass is 395 g/mol. The molecular weight excluding hydrogens is 370 g/mol. The van der Waals surface area contributed by atoms with Crippen molar-refractivity contribution in [2.45, 2.75) is 57.5 Å². The second-order valence-electron chi connectivity index (χ2n) is 7.49. The maximum atomic E-state index is 12.8. The highest BCUT2D eigenvalue weighted by Crippen LogP contribution is 2.35. The third-order valence-electron chi connectivity index (χ3n) is 5.34. The predicted molar refractivity (Wildman–Crippen MR) is 113 cm³/mol. The predicted octanol–water partition coefficient (Wildman–Crippen LogP) is 4.77. The van der Waals surface area contributed by atoms with E-state index in [4.69, 9.17) is 0 Å². The van der Waals surface area contributed by atoms with Crippen LogP contribution in [0.15, 0.2) is 41.8 Å². The molecule has 0 saturated heterocycles. The number of amides is 2. The molecular formula is C22H25N3O2S. The van der Waals surface area contributed by atoms with Crippen LogP contribution in [-0.4, -0.2) is 33.8 Å². The minimum atomic E-state index is -0.0895. The van der Waals surface area contributed by atoms with Crippen molar-refractivity contribution in [3.63, 3.8) is 0 Å². The molecule has 2 aliphatic rings. The summed E-state index contributed by atoms with van der Waals surface area (Å²) < 4.78 is 0. The van der Waals surface area contributed by atoms with Crippen LogP contribution in [-0.2, 0) is 9.59 Å². The molecule has 1 aromatic heterocycles. The standard InChI is InChI=1S/C22H25N3O2S/c1-16(26)24(18-7-3-2-4-8-18)22-23-17(15-28-22)11-14-21(27)25(20-12-13-20)19-9-5-6-10-19/h2-4,7-8,11,14-15,19-20H,5-6,9-10,12-13H2,1H3/b14-11+. The highest BCUT2D eigenvalue weighted by molar-refractivity contribution is 7.14. The van der Waals surface area contributed by atoms with E-state index in [1.165, 1.54) is 31.1 Å². The van der Waals surface area contributed by atoms with Gasteiger partial charge in [0.1, 0.15) is 0 Å². The van der Waals surface area contributed by atoms with Crippen LogP contribution in [0.1, 0.15) is 51.1 Å². The fourth-order valence-electron chi connectivity index (χ4n) is 3.90. The zero-order chi connectivity index (χ0) is 19.5. The Balaban J connectivity index is 1.49. The number of anilines is 2. The molecule has 4 rings (SSSR count). The van der Waals surface area contributed by atoms with Gasteiger partial charge in [0, 0.05) is 30.5 Å². The highest BCUT2D eigenvalue weighted by Gasteiger charge is 2.37. The lowest BCUT2D eigenvalue weighted by molar-refractivity contribution is -0.128. The first-order valence-electron chi connectivity index (χ1n) is 9.95. The van der Waals surface area contributed by atoms with Gasteiger partial charge in [0.05, 0.1) is 11.4 Å². The Bertz CT molecular complexity index is 867. The van der Waals surface area contributed by atoms with E-state index in [1.807, 2.05) is 35.7 Å². The van der Waals surface area contributed by atoms with Crippen LogP contribution >= 0.6 is 11.3 Å². The first kappa shape index (κ1) is 18.9. The SMILES string of the molecule is CC(=O)N(c1ccccc1)c1nc(/C=C/C(=O)N(C2CCCC2)C2CC2)cs1. The molecule has 1 aromatic carbocycles. The summed E-state index contributed by atoms with van der Waals surface area (Å²) in [7, 11) is 0. The number of benzene rings is 1. The maximum Gasteiger partial charge on any atom is 0.247 e. The Hall–Kier alpha value is -2.47. The van der Waals surface area contributed by atoms with E-state index in [0.717, 1.165) is 31.4 Å². The van der Waals surface area contributed by atoms with E-state index in [9.17, 15) is 9.59 Å². The Labute approximate surface area is 169 Å². The lowest BCUT2D eigenvalue weighted by Gasteiger charge is -2.27. The van der Waals surface area contributed by atoms with Gasteiger partial charge in [-0.2, -0.15) is 0 Å². The van der Waals surface area contributed by atoms with E-state index in [1.54, 1.807) is 17.1 Å². The minimum absolute atomic E-state index is 0.0895. The molecule has 0 unspecified atom stereocenters. The van der Waals surface area contributed by atoms with Crippen molar-refractivity contribution in [2.24, 2.45) is 0 Å². The summed E-state index contributed by atoms with van der Waals surface area (Å²) in [4.78, 5) is 33.2. The van der Waals surface area contributed by atoms with Gasteiger partial charge in [-0.15, -0.1) is 11.3 Å². The lowest BCUT2D eigenvalue weighted by atomic mass is 10.2. The van der Waals surface area contributed by atoms with Crippen molar-refractivity contribution in [1.29, 1.82) is 0 Å². The zero-order valence-electron chi connectivity index (χ0n) is 16.1. The topological polar surface area (TPSA) is 53.5 Å². The average Bonchev–Trinajstić information content (AvgIpc) is 3.16. The van der Waals surface area contributed by atoms with Gasteiger partial charge >= 0.3 is 0 Å². The number of rotatable bonds is 6. The molecule has 2 amide bonds. The molecule has 2 fully saturated rings. The molecule has 0 bridgehead atoms. The number of para-hydroxylation sites is 1. The van der Waals surface area contributed by atoms with Crippen LogP contribution in [0.25, 0.3) is 6.08 Å². The van der Waals surface area contributed by atoms with Crippen LogP contribution in [0.5, 0.6) is 0 Å². The summed E-state index contributed by atoms with van der Waals surface area (Å²) in [6.45, 7) is 1.53. The van der Waals surface area contributed by atoms with Gasteiger partial charge in [-0.05, 0) is 43.9 Å². The summed E-state index contributed by atoms with van der Waals surface area (Å²) in [5.74, 6) is 0.00345. The van der Waals surface area contributed by atoms with E-state index in [0.29, 0.717) is 22.9 Å². The normalized spacial score (nSPS) is 17.2. The quantitative estimate of drug-likeness (QED) is 0.662. The molecule has 0 aliphatic heterocycles. The van der Waals surface area contributed by atoms with Gasteiger partial charge in [0.15, 0.2) is 5.13 Å². The summed E-state index contributed by atoms with van der Waals surface area (Å²) >= 11 is 1.40. The first-order valence-corrected chi connectivity index (χ1v) is 10.8. The molecule has 28 heavy (non-hydrogen) atoms. The van der Waals surface area contributed by atoms with Crippen molar-refractivity contribution >= 4 is 40.0 Å². The summed E-state index contributed by atoms with van der Waals surface area (Å²) in [5.41, 5.74) is 1.50. The third kappa shape index (κ3) is 4.17. The fraction of sp³-hybridized carbons (Fsp3) is 0.409. The maximum absolute atomic E-state index is 12.8. The van der Waals surface area contributed by atoms with Gasteiger partial charge in [0.2, 0.25) is 11.8 Å². The fourth-order valence-corrected chi connectivity index (χ4v) is 4.75. The average molecular weight is 396 g/mol. The van der Waals surface area contributed by atoms with Crippen LogP contribution < -0.4 is 4.90 Å². The van der Waals surface area contributed by atoms with Crippen molar-refractivity contribution in [3.8, 4) is 0 Å². The second kappa shape index (κ2) is 8.27. The third-order valence-corrected chi connectivity index (χ3v) is 6.18.